The van der Waals surface area contributed by atoms with Gasteiger partial charge in [0.25, 0.3) is 10.1 Å². The van der Waals surface area contributed by atoms with E-state index in [4.69, 9.17) is 4.55 Å². The second kappa shape index (κ2) is 3.22. The third kappa shape index (κ3) is 1.73. The molecule has 0 fully saturated rings. The molecule has 0 amide bonds. The second-order valence-corrected chi connectivity index (χ2v) is 5.02. The van der Waals surface area contributed by atoms with Crippen LogP contribution in [0.5, 0.6) is 0 Å². The van der Waals surface area contributed by atoms with Crippen LogP contribution >= 0.6 is 12.8 Å². The van der Waals surface area contributed by atoms with Gasteiger partial charge in [0.15, 0.2) is 0 Å². The van der Waals surface area contributed by atoms with E-state index in [1.54, 1.807) is 6.92 Å². The molecule has 5 nitrogen and oxygen atoms in total. The fourth-order valence-electron chi connectivity index (χ4n) is 1.45. The predicted molar refractivity (Wildman–Crippen MR) is 58.7 cm³/mol. The molecule has 0 atom stereocenters. The third-order valence-electron chi connectivity index (χ3n) is 2.09. The van der Waals surface area contributed by atoms with Crippen LogP contribution in [0.1, 0.15) is 5.56 Å². The van der Waals surface area contributed by atoms with Gasteiger partial charge in [0.2, 0.25) is 0 Å². The summed E-state index contributed by atoms with van der Waals surface area (Å²) in [5, 5.41) is 0. The molecule has 0 spiro atoms. The summed E-state index contributed by atoms with van der Waals surface area (Å²) in [6.07, 6.45) is 1.47. The van der Waals surface area contributed by atoms with E-state index in [0.717, 1.165) is 5.52 Å². The van der Waals surface area contributed by atoms with Gasteiger partial charge < -0.3 is 0 Å². The topological polar surface area (TPSA) is 72.2 Å². The molecule has 2 aromatic rings. The Balaban J connectivity index is 2.86. The van der Waals surface area contributed by atoms with Crippen molar-refractivity contribution in [2.45, 2.75) is 11.8 Å². The van der Waals surface area contributed by atoms with E-state index >= 15 is 0 Å². The molecular weight excluding hydrogens is 236 g/mol. The largest absolute Gasteiger partial charge is 0.294 e. The van der Waals surface area contributed by atoms with Crippen LogP contribution in [0.3, 0.4) is 0 Å². The standard InChI is InChI=1S/C8H8N2O3S2/c1-5-2-6(15(11,12)13)3-7-8(5)10(14)4-9-7/h2-4,14H,1H3,(H,11,12,13). The first-order chi connectivity index (χ1) is 6.89. The number of thiol groups is 1. The third-order valence-corrected chi connectivity index (χ3v) is 3.22. The minimum atomic E-state index is -4.18. The number of benzene rings is 1. The number of rotatable bonds is 1. The van der Waals surface area contributed by atoms with Gasteiger partial charge in [-0.25, -0.2) is 4.98 Å². The molecule has 1 N–H and O–H groups in total. The quantitative estimate of drug-likeness (QED) is 0.585. The van der Waals surface area contributed by atoms with Crippen molar-refractivity contribution in [2.75, 3.05) is 0 Å². The molecular formula is C8H8N2O3S2. The van der Waals surface area contributed by atoms with Crippen LogP contribution in [0.4, 0.5) is 0 Å². The number of hydrogen-bond donors (Lipinski definition) is 2. The summed E-state index contributed by atoms with van der Waals surface area (Å²) in [5.74, 6) is 0. The van der Waals surface area contributed by atoms with Crippen molar-refractivity contribution in [3.63, 3.8) is 0 Å². The Morgan fingerprint density at radius 2 is 2.13 bits per heavy atom. The Labute approximate surface area is 92.0 Å². The number of imidazole rings is 1. The number of fused-ring (bicyclic) bond motifs is 1. The van der Waals surface area contributed by atoms with E-state index in [1.165, 1.54) is 22.4 Å². The molecule has 0 bridgehead atoms. The van der Waals surface area contributed by atoms with Gasteiger partial charge in [0, 0.05) is 0 Å². The summed E-state index contributed by atoms with van der Waals surface area (Å²) >= 11 is 4.12. The molecule has 0 aliphatic heterocycles. The highest BCUT2D eigenvalue weighted by molar-refractivity contribution is 7.85. The van der Waals surface area contributed by atoms with Crippen LogP contribution in [0.15, 0.2) is 23.4 Å². The van der Waals surface area contributed by atoms with Crippen LogP contribution < -0.4 is 0 Å². The Morgan fingerprint density at radius 1 is 1.47 bits per heavy atom. The summed E-state index contributed by atoms with van der Waals surface area (Å²) in [6.45, 7) is 1.73. The lowest BCUT2D eigenvalue weighted by Gasteiger charge is -2.01. The van der Waals surface area contributed by atoms with Crippen molar-refractivity contribution < 1.29 is 13.0 Å². The lowest BCUT2D eigenvalue weighted by atomic mass is 10.2. The maximum Gasteiger partial charge on any atom is 0.294 e. The highest BCUT2D eigenvalue weighted by Gasteiger charge is 2.14. The smallest absolute Gasteiger partial charge is 0.282 e. The lowest BCUT2D eigenvalue weighted by Crippen LogP contribution is -1.98. The molecule has 1 aromatic carbocycles. The SMILES string of the molecule is Cc1cc(S(=O)(=O)O)cc2ncn(S)c12. The Morgan fingerprint density at radius 3 is 2.73 bits per heavy atom. The fourth-order valence-corrected chi connectivity index (χ4v) is 2.35. The van der Waals surface area contributed by atoms with Crippen LogP contribution in [0, 0.1) is 6.92 Å². The first-order valence-corrected chi connectivity index (χ1v) is 5.88. The molecule has 7 heteroatoms. The molecule has 0 unspecified atom stereocenters. The Hall–Kier alpha value is -1.05. The highest BCUT2D eigenvalue weighted by Crippen LogP contribution is 2.22. The number of hydrogen-bond acceptors (Lipinski definition) is 4. The zero-order valence-corrected chi connectivity index (χ0v) is 9.46. The van der Waals surface area contributed by atoms with E-state index in [2.05, 4.69) is 17.8 Å². The van der Waals surface area contributed by atoms with Gasteiger partial charge in [-0.3, -0.25) is 8.53 Å². The van der Waals surface area contributed by atoms with Gasteiger partial charge >= 0.3 is 0 Å². The van der Waals surface area contributed by atoms with Crippen LogP contribution in [0.2, 0.25) is 0 Å². The normalized spacial score (nSPS) is 12.2. The average Bonchev–Trinajstić information content (AvgIpc) is 2.46. The molecule has 0 saturated carbocycles. The van der Waals surface area contributed by atoms with Gasteiger partial charge in [-0.1, -0.05) is 12.8 Å². The predicted octanol–water partition coefficient (Wildman–Crippen LogP) is 1.28. The zero-order valence-electron chi connectivity index (χ0n) is 7.75. The van der Waals surface area contributed by atoms with E-state index in [9.17, 15) is 8.42 Å². The van der Waals surface area contributed by atoms with Crippen molar-refractivity contribution in [2.24, 2.45) is 0 Å². The minimum absolute atomic E-state index is 0.153. The van der Waals surface area contributed by atoms with Gasteiger partial charge in [0.05, 0.1) is 15.9 Å². The van der Waals surface area contributed by atoms with E-state index < -0.39 is 10.1 Å². The zero-order chi connectivity index (χ0) is 11.2. The molecule has 0 saturated heterocycles. The van der Waals surface area contributed by atoms with Crippen molar-refractivity contribution in [3.8, 4) is 0 Å². The first-order valence-electron chi connectivity index (χ1n) is 4.04. The molecule has 15 heavy (non-hydrogen) atoms. The Kier molecular flexibility index (Phi) is 2.25. The number of nitrogens with zero attached hydrogens (tertiary/aromatic N) is 2. The summed E-state index contributed by atoms with van der Waals surface area (Å²) in [5.41, 5.74) is 1.90. The second-order valence-electron chi connectivity index (χ2n) is 3.17. The van der Waals surface area contributed by atoms with Crippen molar-refractivity contribution in [1.29, 1.82) is 0 Å². The summed E-state index contributed by atoms with van der Waals surface area (Å²) in [4.78, 5) is 3.81. The van der Waals surface area contributed by atoms with Crippen molar-refractivity contribution in [3.05, 3.63) is 24.0 Å². The maximum atomic E-state index is 10.9. The number of aromatic nitrogens is 2. The summed E-state index contributed by atoms with van der Waals surface area (Å²) < 4.78 is 32.3. The van der Waals surface area contributed by atoms with Crippen molar-refractivity contribution >= 4 is 34.0 Å². The lowest BCUT2D eigenvalue weighted by molar-refractivity contribution is 0.483. The molecule has 80 valence electrons. The van der Waals surface area contributed by atoms with Crippen molar-refractivity contribution in [1.82, 2.24) is 8.96 Å². The molecule has 0 aliphatic rings. The van der Waals surface area contributed by atoms with Gasteiger partial charge in [-0.2, -0.15) is 8.42 Å². The average molecular weight is 244 g/mol. The van der Waals surface area contributed by atoms with Gasteiger partial charge in [0.1, 0.15) is 6.33 Å². The Bertz CT molecular complexity index is 631. The molecule has 1 heterocycles. The fraction of sp³-hybridized carbons (Fsp3) is 0.125. The summed E-state index contributed by atoms with van der Waals surface area (Å²) in [7, 11) is -4.18. The van der Waals surface area contributed by atoms with Gasteiger partial charge in [-0.05, 0) is 24.6 Å². The molecule has 1 aromatic heterocycles. The summed E-state index contributed by atoms with van der Waals surface area (Å²) in [6, 6.07) is 2.69. The van der Waals surface area contributed by atoms with E-state index in [1.807, 2.05) is 0 Å². The van der Waals surface area contributed by atoms with Gasteiger partial charge in [-0.15, -0.1) is 0 Å². The molecule has 2 rings (SSSR count). The molecule has 0 aliphatic carbocycles. The van der Waals surface area contributed by atoms with Crippen LogP contribution in [-0.2, 0) is 10.1 Å². The van der Waals surface area contributed by atoms with E-state index in [0.29, 0.717) is 11.1 Å². The number of aryl methyl sites for hydroxylation is 1. The monoisotopic (exact) mass is 244 g/mol. The highest BCUT2D eigenvalue weighted by atomic mass is 32.2. The maximum absolute atomic E-state index is 10.9. The minimum Gasteiger partial charge on any atom is -0.282 e. The molecule has 0 radical (unpaired) electrons. The van der Waals surface area contributed by atoms with Crippen LogP contribution in [-0.4, -0.2) is 21.9 Å². The van der Waals surface area contributed by atoms with E-state index in [-0.39, 0.29) is 4.90 Å². The van der Waals surface area contributed by atoms with Crippen LogP contribution in [0.25, 0.3) is 11.0 Å². The first kappa shape index (κ1) is 10.5.